The third kappa shape index (κ3) is 3.46. The average molecular weight is 286 g/mol. The minimum absolute atomic E-state index is 0.261. The van der Waals surface area contributed by atoms with Gasteiger partial charge in [0.05, 0.1) is 17.1 Å². The highest BCUT2D eigenvalue weighted by atomic mass is 16.3. The molecule has 1 unspecified atom stereocenters. The molecule has 0 saturated heterocycles. The maximum Gasteiger partial charge on any atom is 0.112 e. The summed E-state index contributed by atoms with van der Waals surface area (Å²) in [5, 5.41) is 10.4. The Hall–Kier alpha value is -1.35. The van der Waals surface area contributed by atoms with Gasteiger partial charge in [0.1, 0.15) is 5.82 Å². The number of hydrogen-bond donors (Lipinski definition) is 1. The predicted octanol–water partition coefficient (Wildman–Crippen LogP) is 3.84. The average Bonchev–Trinajstić information content (AvgIpc) is 2.67. The second-order valence-electron chi connectivity index (χ2n) is 6.53. The Morgan fingerprint density at radius 2 is 1.90 bits per heavy atom. The van der Waals surface area contributed by atoms with Crippen LogP contribution in [0.4, 0.5) is 0 Å². The molecule has 1 aliphatic carbocycles. The van der Waals surface area contributed by atoms with Gasteiger partial charge in [-0.2, -0.15) is 0 Å². The number of fused-ring (bicyclic) bond motifs is 1. The third-order valence-corrected chi connectivity index (χ3v) is 4.88. The highest BCUT2D eigenvalue weighted by molar-refractivity contribution is 5.75. The number of aliphatic hydroxyl groups excluding tert-OH is 1. The molecule has 0 spiro atoms. The molecule has 1 aromatic heterocycles. The number of benzene rings is 1. The lowest BCUT2D eigenvalue weighted by atomic mass is 9.92. The second kappa shape index (κ2) is 6.61. The van der Waals surface area contributed by atoms with Crippen molar-refractivity contribution in [1.82, 2.24) is 9.55 Å². The largest absolute Gasteiger partial charge is 0.393 e. The molecule has 0 bridgehead atoms. The van der Waals surface area contributed by atoms with Crippen LogP contribution in [0.15, 0.2) is 24.3 Å². The van der Waals surface area contributed by atoms with E-state index in [4.69, 9.17) is 0 Å². The Morgan fingerprint density at radius 3 is 2.62 bits per heavy atom. The molecular formula is C18H26N2O. The molecule has 1 aromatic carbocycles. The number of aromatic nitrogens is 2. The van der Waals surface area contributed by atoms with E-state index in [-0.39, 0.29) is 6.10 Å². The summed E-state index contributed by atoms with van der Waals surface area (Å²) in [6.07, 6.45) is 9.34. The SMILES string of the molecule is Cn1c(CC(O)CC2CCCCCC2)nc2ccccc21. The summed E-state index contributed by atoms with van der Waals surface area (Å²) in [6.45, 7) is 0. The van der Waals surface area contributed by atoms with Crippen LogP contribution < -0.4 is 0 Å². The Morgan fingerprint density at radius 1 is 1.19 bits per heavy atom. The van der Waals surface area contributed by atoms with E-state index in [0.717, 1.165) is 23.3 Å². The van der Waals surface area contributed by atoms with Gasteiger partial charge in [-0.25, -0.2) is 4.98 Å². The van der Waals surface area contributed by atoms with Crippen molar-refractivity contribution in [3.63, 3.8) is 0 Å². The van der Waals surface area contributed by atoms with Gasteiger partial charge < -0.3 is 9.67 Å². The topological polar surface area (TPSA) is 38.0 Å². The number of rotatable bonds is 4. The van der Waals surface area contributed by atoms with E-state index in [1.807, 2.05) is 25.2 Å². The first-order chi connectivity index (χ1) is 10.2. The molecule has 1 heterocycles. The first-order valence-corrected chi connectivity index (χ1v) is 8.32. The van der Waals surface area contributed by atoms with Crippen LogP contribution >= 0.6 is 0 Å². The van der Waals surface area contributed by atoms with Crippen LogP contribution in [0.3, 0.4) is 0 Å². The second-order valence-corrected chi connectivity index (χ2v) is 6.53. The van der Waals surface area contributed by atoms with Gasteiger partial charge in [-0.3, -0.25) is 0 Å². The monoisotopic (exact) mass is 286 g/mol. The van der Waals surface area contributed by atoms with Crippen molar-refractivity contribution < 1.29 is 5.11 Å². The number of hydrogen-bond acceptors (Lipinski definition) is 2. The lowest BCUT2D eigenvalue weighted by Gasteiger charge is -2.18. The molecule has 1 N–H and O–H groups in total. The van der Waals surface area contributed by atoms with Crippen molar-refractivity contribution in [2.75, 3.05) is 0 Å². The van der Waals surface area contributed by atoms with Gasteiger partial charge in [0.2, 0.25) is 0 Å². The molecule has 3 nitrogen and oxygen atoms in total. The smallest absolute Gasteiger partial charge is 0.112 e. The zero-order chi connectivity index (χ0) is 14.7. The number of nitrogens with zero attached hydrogens (tertiary/aromatic N) is 2. The normalized spacial score (nSPS) is 18.8. The molecule has 1 aliphatic rings. The fraction of sp³-hybridized carbons (Fsp3) is 0.611. The summed E-state index contributed by atoms with van der Waals surface area (Å²) in [5.74, 6) is 1.70. The van der Waals surface area contributed by atoms with Crippen LogP contribution in [0.25, 0.3) is 11.0 Å². The van der Waals surface area contributed by atoms with Gasteiger partial charge in [-0.15, -0.1) is 0 Å². The van der Waals surface area contributed by atoms with Crippen LogP contribution in [0.2, 0.25) is 0 Å². The maximum absolute atomic E-state index is 10.4. The molecule has 3 heteroatoms. The number of aryl methyl sites for hydroxylation is 1. The highest BCUT2D eigenvalue weighted by Gasteiger charge is 2.18. The molecule has 21 heavy (non-hydrogen) atoms. The Balaban J connectivity index is 1.65. The summed E-state index contributed by atoms with van der Waals surface area (Å²) in [7, 11) is 2.04. The molecule has 0 radical (unpaired) electrons. The summed E-state index contributed by atoms with van der Waals surface area (Å²) in [5.41, 5.74) is 2.17. The first kappa shape index (κ1) is 14.6. The van der Waals surface area contributed by atoms with Crippen molar-refractivity contribution in [1.29, 1.82) is 0 Å². The molecule has 0 amide bonds. The van der Waals surface area contributed by atoms with E-state index >= 15 is 0 Å². The fourth-order valence-electron chi connectivity index (χ4n) is 3.66. The molecule has 114 valence electrons. The molecule has 3 rings (SSSR count). The minimum atomic E-state index is -0.261. The van der Waals surface area contributed by atoms with Crippen molar-refractivity contribution in [2.45, 2.75) is 57.5 Å². The predicted molar refractivity (Wildman–Crippen MR) is 86.2 cm³/mol. The number of imidazole rings is 1. The summed E-state index contributed by atoms with van der Waals surface area (Å²) in [4.78, 5) is 4.67. The lowest BCUT2D eigenvalue weighted by molar-refractivity contribution is 0.135. The van der Waals surface area contributed by atoms with Crippen LogP contribution in [-0.2, 0) is 13.5 Å². The standard InChI is InChI=1S/C18H26N2O/c1-20-17-11-7-6-10-16(17)19-18(20)13-15(21)12-14-8-4-2-3-5-9-14/h6-7,10-11,14-15,21H,2-5,8-9,12-13H2,1H3. The van der Waals surface area contributed by atoms with Gasteiger partial charge in [-0.05, 0) is 24.5 Å². The fourth-order valence-corrected chi connectivity index (χ4v) is 3.66. The van der Waals surface area contributed by atoms with Gasteiger partial charge in [-0.1, -0.05) is 50.7 Å². The zero-order valence-electron chi connectivity index (χ0n) is 13.0. The van der Waals surface area contributed by atoms with Crippen LogP contribution in [-0.4, -0.2) is 20.8 Å². The van der Waals surface area contributed by atoms with E-state index in [9.17, 15) is 5.11 Å². The van der Waals surface area contributed by atoms with Crippen molar-refractivity contribution >= 4 is 11.0 Å². The van der Waals surface area contributed by atoms with Gasteiger partial charge in [0.25, 0.3) is 0 Å². The van der Waals surface area contributed by atoms with E-state index in [1.165, 1.54) is 38.5 Å². The Bertz CT molecular complexity index is 582. The van der Waals surface area contributed by atoms with Crippen molar-refractivity contribution in [3.05, 3.63) is 30.1 Å². The van der Waals surface area contributed by atoms with Gasteiger partial charge in [0, 0.05) is 13.5 Å². The van der Waals surface area contributed by atoms with Gasteiger partial charge in [0.15, 0.2) is 0 Å². The molecule has 1 fully saturated rings. The van der Waals surface area contributed by atoms with Crippen molar-refractivity contribution in [2.24, 2.45) is 13.0 Å². The van der Waals surface area contributed by atoms with Crippen LogP contribution in [0.1, 0.15) is 50.8 Å². The number of aliphatic hydroxyl groups is 1. The molecular weight excluding hydrogens is 260 g/mol. The van der Waals surface area contributed by atoms with E-state index in [2.05, 4.69) is 15.6 Å². The maximum atomic E-state index is 10.4. The number of para-hydroxylation sites is 2. The minimum Gasteiger partial charge on any atom is -0.393 e. The summed E-state index contributed by atoms with van der Waals surface area (Å²) in [6, 6.07) is 8.18. The third-order valence-electron chi connectivity index (χ3n) is 4.88. The summed E-state index contributed by atoms with van der Waals surface area (Å²) >= 11 is 0. The first-order valence-electron chi connectivity index (χ1n) is 8.32. The Labute approximate surface area is 127 Å². The van der Waals surface area contributed by atoms with Crippen LogP contribution in [0, 0.1) is 5.92 Å². The lowest BCUT2D eigenvalue weighted by Crippen LogP contribution is -2.18. The molecule has 1 saturated carbocycles. The summed E-state index contributed by atoms with van der Waals surface area (Å²) < 4.78 is 2.12. The quantitative estimate of drug-likeness (QED) is 0.867. The van der Waals surface area contributed by atoms with Gasteiger partial charge >= 0.3 is 0 Å². The highest BCUT2D eigenvalue weighted by Crippen LogP contribution is 2.27. The Kier molecular flexibility index (Phi) is 4.59. The molecule has 2 aromatic rings. The van der Waals surface area contributed by atoms with Crippen molar-refractivity contribution in [3.8, 4) is 0 Å². The zero-order valence-corrected chi connectivity index (χ0v) is 13.0. The molecule has 0 aliphatic heterocycles. The van der Waals surface area contributed by atoms with E-state index in [0.29, 0.717) is 12.3 Å². The molecule has 1 atom stereocenters. The van der Waals surface area contributed by atoms with Crippen LogP contribution in [0.5, 0.6) is 0 Å². The van der Waals surface area contributed by atoms with E-state index in [1.54, 1.807) is 0 Å². The van der Waals surface area contributed by atoms with E-state index < -0.39 is 0 Å².